The number of thiazole rings is 1. The van der Waals surface area contributed by atoms with Gasteiger partial charge in [-0.25, -0.2) is 9.79 Å². The molecule has 0 saturated carbocycles. The van der Waals surface area contributed by atoms with Crippen molar-refractivity contribution in [3.05, 3.63) is 75.3 Å². The highest BCUT2D eigenvalue weighted by molar-refractivity contribution is 9.10. The Morgan fingerprint density at radius 3 is 2.30 bits per heavy atom. The van der Waals surface area contributed by atoms with E-state index in [1.165, 1.54) is 30.1 Å². The Labute approximate surface area is 251 Å². The summed E-state index contributed by atoms with van der Waals surface area (Å²) >= 11 is 8.38. The minimum atomic E-state index is -0.826. The minimum absolute atomic E-state index is 0.175. The summed E-state index contributed by atoms with van der Waals surface area (Å²) in [5.41, 5.74) is 1.76. The molecule has 0 spiro atoms. The van der Waals surface area contributed by atoms with E-state index >= 15 is 0 Å². The SMILES string of the molecule is CCOC(=O)C1=C(C)N=c2s/c(=C\c3cc(Br)c(OCC)c(OC)c3)c(=O)n2[C@@H]1c1cc(OC)c(OC)cc1Br. The zero-order valence-electron chi connectivity index (χ0n) is 22.8. The summed E-state index contributed by atoms with van der Waals surface area (Å²) in [6, 6.07) is 6.31. The number of methoxy groups -OCH3 is 3. The molecule has 0 fully saturated rings. The van der Waals surface area contributed by atoms with Crippen LogP contribution in [0.4, 0.5) is 0 Å². The molecule has 4 rings (SSSR count). The Morgan fingerprint density at radius 1 is 1.00 bits per heavy atom. The van der Waals surface area contributed by atoms with E-state index in [4.69, 9.17) is 23.7 Å². The highest BCUT2D eigenvalue weighted by Crippen LogP contribution is 2.41. The van der Waals surface area contributed by atoms with Crippen molar-refractivity contribution in [3.63, 3.8) is 0 Å². The van der Waals surface area contributed by atoms with E-state index in [1.54, 1.807) is 45.2 Å². The second-order valence-electron chi connectivity index (χ2n) is 8.50. The molecular formula is C28H28Br2N2O7S. The molecule has 0 radical (unpaired) electrons. The van der Waals surface area contributed by atoms with Crippen molar-refractivity contribution in [2.45, 2.75) is 26.8 Å². The molecule has 0 amide bonds. The molecule has 9 nitrogen and oxygen atoms in total. The highest BCUT2D eigenvalue weighted by Gasteiger charge is 2.35. The Bertz CT molecular complexity index is 1680. The van der Waals surface area contributed by atoms with Crippen LogP contribution in [-0.2, 0) is 9.53 Å². The van der Waals surface area contributed by atoms with Gasteiger partial charge in [0.25, 0.3) is 5.56 Å². The fourth-order valence-corrected chi connectivity index (χ4v) is 6.58. The maximum atomic E-state index is 14.0. The first-order valence-electron chi connectivity index (χ1n) is 12.3. The molecule has 3 aromatic rings. The number of halogens is 2. The van der Waals surface area contributed by atoms with Crippen LogP contribution in [0.15, 0.2) is 54.3 Å². The molecule has 0 N–H and O–H groups in total. The van der Waals surface area contributed by atoms with Gasteiger partial charge in [0.2, 0.25) is 0 Å². The van der Waals surface area contributed by atoms with Crippen molar-refractivity contribution in [2.75, 3.05) is 34.5 Å². The molecule has 1 atom stereocenters. The van der Waals surface area contributed by atoms with Crippen LogP contribution in [0.2, 0.25) is 0 Å². The number of esters is 1. The van der Waals surface area contributed by atoms with Crippen LogP contribution in [0.5, 0.6) is 23.0 Å². The Kier molecular flexibility index (Phi) is 9.42. The summed E-state index contributed by atoms with van der Waals surface area (Å²) in [7, 11) is 4.62. The zero-order valence-corrected chi connectivity index (χ0v) is 26.8. The topological polar surface area (TPSA) is 97.6 Å². The molecular weight excluding hydrogens is 668 g/mol. The maximum Gasteiger partial charge on any atom is 0.338 e. The van der Waals surface area contributed by atoms with Gasteiger partial charge in [0.15, 0.2) is 27.8 Å². The van der Waals surface area contributed by atoms with Gasteiger partial charge in [-0.1, -0.05) is 27.3 Å². The zero-order chi connectivity index (χ0) is 29.1. The van der Waals surface area contributed by atoms with E-state index in [-0.39, 0.29) is 17.7 Å². The first kappa shape index (κ1) is 29.9. The fourth-order valence-electron chi connectivity index (χ4n) is 4.42. The summed E-state index contributed by atoms with van der Waals surface area (Å²) in [5.74, 6) is 1.51. The van der Waals surface area contributed by atoms with Crippen LogP contribution in [0, 0.1) is 0 Å². The third-order valence-corrected chi connectivity index (χ3v) is 8.41. The van der Waals surface area contributed by atoms with E-state index in [0.29, 0.717) is 59.1 Å². The van der Waals surface area contributed by atoms with Crippen molar-refractivity contribution in [1.29, 1.82) is 0 Å². The second-order valence-corrected chi connectivity index (χ2v) is 11.2. The molecule has 12 heteroatoms. The van der Waals surface area contributed by atoms with Crippen LogP contribution >= 0.6 is 43.2 Å². The summed E-state index contributed by atoms with van der Waals surface area (Å²) in [6.07, 6.45) is 1.76. The number of ether oxygens (including phenoxy) is 5. The number of rotatable bonds is 9. The lowest BCUT2D eigenvalue weighted by Gasteiger charge is -2.26. The van der Waals surface area contributed by atoms with Crippen LogP contribution in [-0.4, -0.2) is 45.1 Å². The Hall–Kier alpha value is -3.09. The van der Waals surface area contributed by atoms with Crippen molar-refractivity contribution in [2.24, 2.45) is 4.99 Å². The summed E-state index contributed by atoms with van der Waals surface area (Å²) in [6.45, 7) is 6.00. The van der Waals surface area contributed by atoms with Gasteiger partial charge in [0.05, 0.1) is 60.9 Å². The molecule has 1 aliphatic heterocycles. The van der Waals surface area contributed by atoms with E-state index in [1.807, 2.05) is 13.0 Å². The molecule has 0 saturated heterocycles. The quantitative estimate of drug-likeness (QED) is 0.298. The molecule has 2 heterocycles. The smallest absolute Gasteiger partial charge is 0.338 e. The van der Waals surface area contributed by atoms with Gasteiger partial charge in [-0.2, -0.15) is 0 Å². The van der Waals surface area contributed by atoms with Crippen LogP contribution in [0.25, 0.3) is 6.08 Å². The van der Waals surface area contributed by atoms with Crippen molar-refractivity contribution in [3.8, 4) is 23.0 Å². The number of benzene rings is 2. The molecule has 40 heavy (non-hydrogen) atoms. The summed E-state index contributed by atoms with van der Waals surface area (Å²) in [4.78, 5) is 32.3. The highest BCUT2D eigenvalue weighted by atomic mass is 79.9. The van der Waals surface area contributed by atoms with Crippen LogP contribution in [0.3, 0.4) is 0 Å². The summed E-state index contributed by atoms with van der Waals surface area (Å²) in [5, 5.41) is 0. The fraction of sp³-hybridized carbons (Fsp3) is 0.321. The normalized spacial score (nSPS) is 14.9. The van der Waals surface area contributed by atoms with Crippen molar-refractivity contribution >= 4 is 55.2 Å². The first-order valence-corrected chi connectivity index (χ1v) is 14.7. The van der Waals surface area contributed by atoms with Crippen molar-refractivity contribution < 1.29 is 28.5 Å². The molecule has 2 aromatic carbocycles. The first-order chi connectivity index (χ1) is 19.2. The lowest BCUT2D eigenvalue weighted by atomic mass is 9.95. The summed E-state index contributed by atoms with van der Waals surface area (Å²) < 4.78 is 30.8. The number of fused-ring (bicyclic) bond motifs is 1. The largest absolute Gasteiger partial charge is 0.493 e. The number of hydrogen-bond acceptors (Lipinski definition) is 9. The number of carbonyl (C=O) groups is 1. The third kappa shape index (κ3) is 5.57. The van der Waals surface area contributed by atoms with Gasteiger partial charge in [0.1, 0.15) is 0 Å². The average Bonchev–Trinajstić information content (AvgIpc) is 3.23. The van der Waals surface area contributed by atoms with Gasteiger partial charge >= 0.3 is 5.97 Å². The van der Waals surface area contributed by atoms with E-state index in [9.17, 15) is 9.59 Å². The number of aromatic nitrogens is 1. The van der Waals surface area contributed by atoms with Crippen molar-refractivity contribution in [1.82, 2.24) is 4.57 Å². The minimum Gasteiger partial charge on any atom is -0.493 e. The van der Waals surface area contributed by atoms with Crippen LogP contribution in [0.1, 0.15) is 37.9 Å². The van der Waals surface area contributed by atoms with Gasteiger partial charge < -0.3 is 23.7 Å². The van der Waals surface area contributed by atoms with Gasteiger partial charge in [-0.3, -0.25) is 9.36 Å². The number of nitrogens with zero attached hydrogens (tertiary/aromatic N) is 2. The predicted molar refractivity (Wildman–Crippen MR) is 160 cm³/mol. The third-order valence-electron chi connectivity index (χ3n) is 6.15. The molecule has 0 bridgehead atoms. The van der Waals surface area contributed by atoms with Gasteiger partial charge in [-0.05, 0) is 78.2 Å². The lowest BCUT2D eigenvalue weighted by Crippen LogP contribution is -2.40. The van der Waals surface area contributed by atoms with E-state index in [0.717, 1.165) is 5.56 Å². The molecule has 0 unspecified atom stereocenters. The van der Waals surface area contributed by atoms with E-state index < -0.39 is 12.0 Å². The lowest BCUT2D eigenvalue weighted by molar-refractivity contribution is -0.139. The Morgan fingerprint density at radius 2 is 1.68 bits per heavy atom. The number of allylic oxidation sites excluding steroid dienone is 1. The predicted octanol–water partition coefficient (Wildman–Crippen LogP) is 4.75. The molecule has 1 aromatic heterocycles. The average molecular weight is 696 g/mol. The monoisotopic (exact) mass is 694 g/mol. The molecule has 212 valence electrons. The van der Waals surface area contributed by atoms with Crippen LogP contribution < -0.4 is 33.8 Å². The molecule has 1 aliphatic rings. The van der Waals surface area contributed by atoms with Gasteiger partial charge in [-0.15, -0.1) is 0 Å². The Balaban J connectivity index is 1.98. The number of hydrogen-bond donors (Lipinski definition) is 0. The van der Waals surface area contributed by atoms with Gasteiger partial charge in [0, 0.05) is 4.47 Å². The second kappa shape index (κ2) is 12.6. The molecule has 0 aliphatic carbocycles. The standard InChI is InChI=1S/C28H28Br2N2O7S/c1-7-38-25-18(30)9-15(10-21(25)37-6)11-22-26(33)32-24(16-12-19(35-4)20(36-5)13-17(16)29)23(27(34)39-8-2)14(3)31-28(32)40-22/h9-13,24H,7-8H2,1-6H3/b22-11-/t24-/m1/s1. The maximum absolute atomic E-state index is 14.0. The number of carbonyl (C=O) groups excluding carboxylic acids is 1. The van der Waals surface area contributed by atoms with E-state index in [2.05, 4.69) is 36.9 Å².